The molecule has 4 aliphatic rings. The van der Waals surface area contributed by atoms with Gasteiger partial charge in [-0.25, -0.2) is 0 Å². The van der Waals surface area contributed by atoms with Gasteiger partial charge in [0.25, 0.3) is 0 Å². The second kappa shape index (κ2) is 18.9. The summed E-state index contributed by atoms with van der Waals surface area (Å²) >= 11 is 0. The Hall–Kier alpha value is -9.02. The Morgan fingerprint density at radius 2 is 0.590 bits per heavy atom. The minimum Gasteiger partial charge on any atom is -0.457 e. The molecule has 13 rings (SSSR count). The summed E-state index contributed by atoms with van der Waals surface area (Å²) in [4.78, 5) is 17.8. The first-order valence-electron chi connectivity index (χ1n) is 28.4. The van der Waals surface area contributed by atoms with Gasteiger partial charge in [0.15, 0.2) is 0 Å². The highest BCUT2D eigenvalue weighted by Gasteiger charge is 2.34. The zero-order chi connectivity index (χ0) is 56.2. The maximum absolute atomic E-state index is 8.45. The van der Waals surface area contributed by atoms with Crippen LogP contribution in [0.4, 0.5) is 79.6 Å². The predicted molar refractivity (Wildman–Crippen MR) is 325 cm³/mol. The van der Waals surface area contributed by atoms with Crippen LogP contribution in [-0.4, -0.2) is 40.7 Å². The highest BCUT2D eigenvalue weighted by Crippen LogP contribution is 2.51. The molecule has 0 spiro atoms. The first-order chi connectivity index (χ1) is 39.0. The average Bonchev–Trinajstić information content (AvgIpc) is 4.44. The van der Waals surface area contributed by atoms with E-state index in [0.29, 0.717) is 24.8 Å². The fourth-order valence-electron chi connectivity index (χ4n) is 12.3. The van der Waals surface area contributed by atoms with E-state index in [4.69, 9.17) is 13.6 Å². The Bertz CT molecular complexity index is 3970. The van der Waals surface area contributed by atoms with E-state index in [1.165, 1.54) is 39.2 Å². The molecule has 9 aromatic carbocycles. The molecule has 0 unspecified atom stereocenters. The summed E-state index contributed by atoms with van der Waals surface area (Å²) in [5, 5.41) is 0. The molecule has 4 heterocycles. The van der Waals surface area contributed by atoms with Crippen LogP contribution in [-0.2, 0) is 0 Å². The van der Waals surface area contributed by atoms with Gasteiger partial charge in [-0.1, -0.05) is 48.5 Å². The van der Waals surface area contributed by atoms with Crippen molar-refractivity contribution >= 4 is 79.6 Å². The highest BCUT2D eigenvalue weighted by atomic mass is 16.5. The van der Waals surface area contributed by atoms with E-state index in [-0.39, 0.29) is 6.67 Å². The maximum Gasteiger partial charge on any atom is 0.129 e. The van der Waals surface area contributed by atoms with E-state index in [1.807, 2.05) is 55.5 Å². The standard InChI is InChI=1S/C68H66N8O2/c1-43-45(3)49(7)67-65(47(43)5)69(9)39-75(67)55-21-17-25-59(37-55)77-57-23-15-19-53(35-57)73-41-71(61-27-11-13-29-63(61)73)51-31-33-52(34-32-51)72-42-74(64-30-14-12-28-62(64)72)54-20-16-24-58(36-54)78-60-26-18-22-56(38-60)76-40-70(10)66-48(6)44(2)46(4)50(8)68(66)76/h11-38H,39-42H2,1-10H3/i9D3. The number of fused-ring (bicyclic) bond motifs is 4. The van der Waals surface area contributed by atoms with Crippen molar-refractivity contribution < 1.29 is 13.6 Å². The molecule has 0 bridgehead atoms. The fraction of sp³-hybridized carbons (Fsp3) is 0.206. The van der Waals surface area contributed by atoms with Crippen molar-refractivity contribution in [2.45, 2.75) is 55.4 Å². The molecule has 0 atom stereocenters. The number of hydrogen-bond acceptors (Lipinski definition) is 10. The lowest BCUT2D eigenvalue weighted by molar-refractivity contribution is 0.482. The van der Waals surface area contributed by atoms with Gasteiger partial charge < -0.3 is 48.7 Å². The molecule has 0 fully saturated rings. The van der Waals surface area contributed by atoms with Crippen molar-refractivity contribution in [3.8, 4) is 23.0 Å². The average molecular weight is 1030 g/mol. The third kappa shape index (κ3) is 7.99. The van der Waals surface area contributed by atoms with Crippen LogP contribution in [0.15, 0.2) is 170 Å². The zero-order valence-electron chi connectivity index (χ0n) is 48.9. The van der Waals surface area contributed by atoms with Crippen LogP contribution in [0, 0.1) is 55.4 Å². The van der Waals surface area contributed by atoms with Gasteiger partial charge in [-0.2, -0.15) is 0 Å². The van der Waals surface area contributed by atoms with Gasteiger partial charge >= 0.3 is 0 Å². The summed E-state index contributed by atoms with van der Waals surface area (Å²) in [6.07, 6.45) is 0. The van der Waals surface area contributed by atoms with Gasteiger partial charge in [0.1, 0.15) is 36.3 Å². The van der Waals surface area contributed by atoms with Crippen LogP contribution >= 0.6 is 0 Å². The summed E-state index contributed by atoms with van der Waals surface area (Å²) < 4.78 is 38.7. The molecule has 0 aliphatic carbocycles. The molecule has 0 amide bonds. The van der Waals surface area contributed by atoms with E-state index in [2.05, 4.69) is 211 Å². The second-order valence-electron chi connectivity index (χ2n) is 21.3. The van der Waals surface area contributed by atoms with Crippen LogP contribution in [0.1, 0.15) is 48.6 Å². The molecule has 10 heteroatoms. The van der Waals surface area contributed by atoms with Gasteiger partial charge in [-0.3, -0.25) is 0 Å². The number of rotatable bonds is 10. The molecular formula is C68H66N8O2. The highest BCUT2D eigenvalue weighted by molar-refractivity contribution is 5.92. The lowest BCUT2D eigenvalue weighted by Crippen LogP contribution is -2.25. The number of para-hydroxylation sites is 4. The Morgan fingerprint density at radius 1 is 0.295 bits per heavy atom. The summed E-state index contributed by atoms with van der Waals surface area (Å²) in [5.41, 5.74) is 24.7. The molecule has 9 aromatic rings. The smallest absolute Gasteiger partial charge is 0.129 e. The van der Waals surface area contributed by atoms with Crippen molar-refractivity contribution in [1.29, 1.82) is 0 Å². The lowest BCUT2D eigenvalue weighted by atomic mass is 9.95. The van der Waals surface area contributed by atoms with Crippen molar-refractivity contribution in [3.63, 3.8) is 0 Å². The number of benzene rings is 9. The Kier molecular flexibility index (Phi) is 11.0. The molecule has 0 aromatic heterocycles. The summed E-state index contributed by atoms with van der Waals surface area (Å²) in [7, 11) is 2.18. The largest absolute Gasteiger partial charge is 0.457 e. The Labute approximate surface area is 463 Å². The van der Waals surface area contributed by atoms with E-state index < -0.39 is 6.98 Å². The SMILES string of the molecule is [2H]C([2H])([2H])N1CN(c2cccc(Oc3cccc(N4CN(c5ccc(N6CN(c7cccc(Oc8cccc(N9CN(C)c%10c(C)c(C)c(C)c(C)c%109)c8)c7)c7ccccc76)cc5)c5ccccc54)c3)c2)c2c(C)c(C)c(C)c(C)c21. The van der Waals surface area contributed by atoms with Crippen molar-refractivity contribution in [3.05, 3.63) is 214 Å². The molecular weight excluding hydrogens is 961 g/mol. The number of nitrogens with zero attached hydrogens (tertiary/aromatic N) is 8. The maximum atomic E-state index is 8.45. The summed E-state index contributed by atoms with van der Waals surface area (Å²) in [6.45, 7) is 17.2. The first kappa shape index (κ1) is 45.2. The van der Waals surface area contributed by atoms with Crippen LogP contribution in [0.3, 0.4) is 0 Å². The topological polar surface area (TPSA) is 44.4 Å². The van der Waals surface area contributed by atoms with Crippen LogP contribution in [0.5, 0.6) is 23.0 Å². The lowest BCUT2D eigenvalue weighted by Gasteiger charge is -2.25. The first-order valence-corrected chi connectivity index (χ1v) is 26.9. The molecule has 10 nitrogen and oxygen atoms in total. The monoisotopic (exact) mass is 1030 g/mol. The molecule has 0 saturated carbocycles. The molecule has 390 valence electrons. The molecule has 4 aliphatic heterocycles. The second-order valence-corrected chi connectivity index (χ2v) is 21.3. The zero-order valence-corrected chi connectivity index (χ0v) is 45.9. The van der Waals surface area contributed by atoms with E-state index in [0.717, 1.165) is 103 Å². The number of ether oxygens (including phenoxy) is 2. The molecule has 0 N–H and O–H groups in total. The molecule has 0 saturated heterocycles. The van der Waals surface area contributed by atoms with E-state index in [9.17, 15) is 0 Å². The Morgan fingerprint density at radius 3 is 0.936 bits per heavy atom. The normalized spacial score (nSPS) is 15.1. The minimum atomic E-state index is -2.30. The van der Waals surface area contributed by atoms with E-state index >= 15 is 0 Å². The predicted octanol–water partition coefficient (Wildman–Crippen LogP) is 17.3. The summed E-state index contributed by atoms with van der Waals surface area (Å²) in [6, 6.07) is 59.1. The third-order valence-electron chi connectivity index (χ3n) is 17.0. The van der Waals surface area contributed by atoms with Gasteiger partial charge in [-0.15, -0.1) is 0 Å². The van der Waals surface area contributed by atoms with Crippen molar-refractivity contribution in [2.24, 2.45) is 0 Å². The minimum absolute atomic E-state index is 0.212. The van der Waals surface area contributed by atoms with Gasteiger partial charge in [0, 0.05) is 76.5 Å². The van der Waals surface area contributed by atoms with Gasteiger partial charge in [0.05, 0.1) is 58.8 Å². The quantitative estimate of drug-likeness (QED) is 0.132. The van der Waals surface area contributed by atoms with Gasteiger partial charge in [-0.05, 0) is 197 Å². The molecule has 0 radical (unpaired) electrons. The van der Waals surface area contributed by atoms with Crippen molar-refractivity contribution in [1.82, 2.24) is 0 Å². The third-order valence-corrected chi connectivity index (χ3v) is 17.0. The van der Waals surface area contributed by atoms with Crippen LogP contribution in [0.2, 0.25) is 0 Å². The number of hydrogen-bond donors (Lipinski definition) is 0. The number of anilines is 14. The van der Waals surface area contributed by atoms with Crippen LogP contribution < -0.4 is 48.7 Å². The van der Waals surface area contributed by atoms with Crippen LogP contribution in [0.25, 0.3) is 0 Å². The van der Waals surface area contributed by atoms with Crippen molar-refractivity contribution in [2.75, 3.05) is 79.9 Å². The molecule has 78 heavy (non-hydrogen) atoms. The Balaban J connectivity index is 0.716. The summed E-state index contributed by atoms with van der Waals surface area (Å²) in [5.74, 6) is 2.93. The van der Waals surface area contributed by atoms with E-state index in [1.54, 1.807) is 4.90 Å². The van der Waals surface area contributed by atoms with Gasteiger partial charge in [0.2, 0.25) is 0 Å². The fourth-order valence-corrected chi connectivity index (χ4v) is 12.3.